The molecule has 0 spiro atoms. The molecule has 0 saturated heterocycles. The van der Waals surface area contributed by atoms with Gasteiger partial charge in [0.05, 0.1) is 6.61 Å². The molecule has 6 heteroatoms. The van der Waals surface area contributed by atoms with Crippen LogP contribution in [0.25, 0.3) is 0 Å². The Hall–Kier alpha value is -2.53. The second kappa shape index (κ2) is 9.25. The summed E-state index contributed by atoms with van der Waals surface area (Å²) in [5.74, 6) is 0.0125. The highest BCUT2D eigenvalue weighted by molar-refractivity contribution is 6.30. The van der Waals surface area contributed by atoms with Gasteiger partial charge < -0.3 is 15.4 Å². The lowest BCUT2D eigenvalue weighted by Crippen LogP contribution is -2.47. The fraction of sp³-hybridized carbons (Fsp3) is 0.300. The number of carbonyl (C=O) groups is 2. The summed E-state index contributed by atoms with van der Waals surface area (Å²) >= 11 is 5.94. The molecule has 0 fully saturated rings. The second-order valence-electron chi connectivity index (χ2n) is 6.15. The molecule has 2 N–H and O–H groups in total. The monoisotopic (exact) mass is 374 g/mol. The number of hydrogen-bond acceptors (Lipinski definition) is 3. The van der Waals surface area contributed by atoms with Crippen LogP contribution in [-0.4, -0.2) is 24.5 Å². The van der Waals surface area contributed by atoms with E-state index in [4.69, 9.17) is 16.3 Å². The fourth-order valence-electron chi connectivity index (χ4n) is 2.41. The van der Waals surface area contributed by atoms with Gasteiger partial charge in [-0.3, -0.25) is 9.59 Å². The molecule has 2 aromatic carbocycles. The Morgan fingerprint density at radius 1 is 1.12 bits per heavy atom. The van der Waals surface area contributed by atoms with Crippen LogP contribution in [-0.2, 0) is 4.79 Å². The van der Waals surface area contributed by atoms with Crippen LogP contribution in [0, 0.1) is 5.92 Å². The van der Waals surface area contributed by atoms with Gasteiger partial charge >= 0.3 is 0 Å². The molecule has 5 nitrogen and oxygen atoms in total. The summed E-state index contributed by atoms with van der Waals surface area (Å²) in [6, 6.07) is 13.0. The van der Waals surface area contributed by atoms with Crippen LogP contribution in [0.5, 0.6) is 5.75 Å². The van der Waals surface area contributed by atoms with Gasteiger partial charge in [-0.05, 0) is 55.3 Å². The molecule has 0 aliphatic carbocycles. The van der Waals surface area contributed by atoms with Crippen LogP contribution in [0.4, 0.5) is 5.69 Å². The number of anilines is 1. The van der Waals surface area contributed by atoms with Crippen molar-refractivity contribution in [2.45, 2.75) is 26.8 Å². The van der Waals surface area contributed by atoms with Crippen molar-refractivity contribution in [2.75, 3.05) is 11.9 Å². The van der Waals surface area contributed by atoms with Crippen molar-refractivity contribution in [3.8, 4) is 5.75 Å². The number of hydrogen-bond donors (Lipinski definition) is 2. The van der Waals surface area contributed by atoms with Gasteiger partial charge in [0.1, 0.15) is 11.8 Å². The molecule has 0 aliphatic rings. The van der Waals surface area contributed by atoms with Crippen LogP contribution < -0.4 is 15.4 Å². The molecule has 138 valence electrons. The summed E-state index contributed by atoms with van der Waals surface area (Å²) in [6.07, 6.45) is 0. The highest BCUT2D eigenvalue weighted by atomic mass is 35.5. The number of rotatable bonds is 7. The number of benzene rings is 2. The van der Waals surface area contributed by atoms with Crippen molar-refractivity contribution in [3.05, 3.63) is 59.1 Å². The smallest absolute Gasteiger partial charge is 0.251 e. The molecular formula is C20H23ClN2O3. The molecule has 0 bridgehead atoms. The van der Waals surface area contributed by atoms with Crippen molar-refractivity contribution in [2.24, 2.45) is 5.92 Å². The van der Waals surface area contributed by atoms with Gasteiger partial charge in [0, 0.05) is 16.3 Å². The molecule has 1 atom stereocenters. The lowest BCUT2D eigenvalue weighted by molar-refractivity contribution is -0.118. The molecule has 2 amide bonds. The van der Waals surface area contributed by atoms with E-state index in [0.717, 1.165) is 0 Å². The van der Waals surface area contributed by atoms with E-state index in [1.807, 2.05) is 20.8 Å². The highest BCUT2D eigenvalue weighted by Gasteiger charge is 2.24. The molecule has 0 aromatic heterocycles. The van der Waals surface area contributed by atoms with Crippen LogP contribution in [0.3, 0.4) is 0 Å². The number of halogens is 1. The normalized spacial score (nSPS) is 11.7. The summed E-state index contributed by atoms with van der Waals surface area (Å²) in [5.41, 5.74) is 1.05. The average Bonchev–Trinajstić information content (AvgIpc) is 2.60. The zero-order chi connectivity index (χ0) is 19.1. The first-order chi connectivity index (χ1) is 12.4. The first kappa shape index (κ1) is 19.8. The average molecular weight is 375 g/mol. The first-order valence-corrected chi connectivity index (χ1v) is 8.88. The molecule has 0 saturated carbocycles. The second-order valence-corrected chi connectivity index (χ2v) is 6.59. The van der Waals surface area contributed by atoms with Gasteiger partial charge in [0.25, 0.3) is 5.91 Å². The Labute approximate surface area is 158 Å². The van der Waals surface area contributed by atoms with Gasteiger partial charge in [-0.1, -0.05) is 31.5 Å². The largest absolute Gasteiger partial charge is 0.494 e. The molecule has 2 rings (SSSR count). The Balaban J connectivity index is 2.06. The number of carbonyl (C=O) groups excluding carboxylic acids is 2. The number of amides is 2. The van der Waals surface area contributed by atoms with Crippen molar-refractivity contribution in [1.29, 1.82) is 0 Å². The topological polar surface area (TPSA) is 67.4 Å². The summed E-state index contributed by atoms with van der Waals surface area (Å²) in [4.78, 5) is 25.1. The van der Waals surface area contributed by atoms with E-state index < -0.39 is 6.04 Å². The first-order valence-electron chi connectivity index (χ1n) is 8.51. The molecule has 2 aromatic rings. The highest BCUT2D eigenvalue weighted by Crippen LogP contribution is 2.17. The Morgan fingerprint density at radius 2 is 1.81 bits per heavy atom. The maximum absolute atomic E-state index is 12.6. The van der Waals surface area contributed by atoms with Crippen molar-refractivity contribution in [1.82, 2.24) is 5.32 Å². The lowest BCUT2D eigenvalue weighted by atomic mass is 10.0. The SMILES string of the molecule is CCOc1ccc(C(=O)NC(C(=O)Nc2cccc(Cl)c2)C(C)C)cc1. The number of ether oxygens (including phenoxy) is 1. The predicted octanol–water partition coefficient (Wildman–Crippen LogP) is 4.13. The van der Waals surface area contributed by atoms with Gasteiger partial charge in [-0.25, -0.2) is 0 Å². The van der Waals surface area contributed by atoms with E-state index in [0.29, 0.717) is 28.6 Å². The molecular weight excluding hydrogens is 352 g/mol. The summed E-state index contributed by atoms with van der Waals surface area (Å²) in [7, 11) is 0. The third-order valence-corrected chi connectivity index (χ3v) is 3.99. The van der Waals surface area contributed by atoms with Crippen LogP contribution in [0.15, 0.2) is 48.5 Å². The Kier molecular flexibility index (Phi) is 7.04. The van der Waals surface area contributed by atoms with E-state index in [1.165, 1.54) is 0 Å². The van der Waals surface area contributed by atoms with Crippen molar-refractivity contribution in [3.63, 3.8) is 0 Å². The molecule has 0 aliphatic heterocycles. The van der Waals surface area contributed by atoms with E-state index in [2.05, 4.69) is 10.6 Å². The third-order valence-electron chi connectivity index (χ3n) is 3.76. The minimum Gasteiger partial charge on any atom is -0.494 e. The van der Waals surface area contributed by atoms with E-state index in [1.54, 1.807) is 48.5 Å². The zero-order valence-electron chi connectivity index (χ0n) is 15.1. The molecule has 0 radical (unpaired) electrons. The lowest BCUT2D eigenvalue weighted by Gasteiger charge is -2.22. The van der Waals surface area contributed by atoms with Crippen LogP contribution in [0.2, 0.25) is 5.02 Å². The van der Waals surface area contributed by atoms with E-state index in [-0.39, 0.29) is 17.7 Å². The quantitative estimate of drug-likeness (QED) is 0.765. The summed E-state index contributed by atoms with van der Waals surface area (Å²) in [6.45, 7) is 6.21. The van der Waals surface area contributed by atoms with Crippen LogP contribution >= 0.6 is 11.6 Å². The zero-order valence-corrected chi connectivity index (χ0v) is 15.8. The van der Waals surface area contributed by atoms with Gasteiger partial charge in [-0.2, -0.15) is 0 Å². The molecule has 1 unspecified atom stereocenters. The fourth-order valence-corrected chi connectivity index (χ4v) is 2.61. The van der Waals surface area contributed by atoms with Crippen molar-refractivity contribution < 1.29 is 14.3 Å². The molecule has 0 heterocycles. The third kappa shape index (κ3) is 5.49. The van der Waals surface area contributed by atoms with Gasteiger partial charge in [0.2, 0.25) is 5.91 Å². The summed E-state index contributed by atoms with van der Waals surface area (Å²) in [5, 5.41) is 6.11. The van der Waals surface area contributed by atoms with Gasteiger partial charge in [0.15, 0.2) is 0 Å². The van der Waals surface area contributed by atoms with Gasteiger partial charge in [-0.15, -0.1) is 0 Å². The van der Waals surface area contributed by atoms with Crippen LogP contribution in [0.1, 0.15) is 31.1 Å². The Morgan fingerprint density at radius 3 is 2.38 bits per heavy atom. The standard InChI is InChI=1S/C20H23ClN2O3/c1-4-26-17-10-8-14(9-11-17)19(24)23-18(13(2)3)20(25)22-16-7-5-6-15(21)12-16/h5-13,18H,4H2,1-3H3,(H,22,25)(H,23,24). The summed E-state index contributed by atoms with van der Waals surface area (Å²) < 4.78 is 5.37. The Bertz CT molecular complexity index is 760. The van der Waals surface area contributed by atoms with Crippen molar-refractivity contribution >= 4 is 29.1 Å². The minimum absolute atomic E-state index is 0.0826. The maximum Gasteiger partial charge on any atom is 0.251 e. The minimum atomic E-state index is -0.673. The predicted molar refractivity (Wildman–Crippen MR) is 104 cm³/mol. The van der Waals surface area contributed by atoms with E-state index >= 15 is 0 Å². The van der Waals surface area contributed by atoms with E-state index in [9.17, 15) is 9.59 Å². The number of nitrogens with one attached hydrogen (secondary N) is 2. The maximum atomic E-state index is 12.6. The molecule has 26 heavy (non-hydrogen) atoms.